The van der Waals surface area contributed by atoms with Gasteiger partial charge in [-0.25, -0.2) is 16.8 Å². The van der Waals surface area contributed by atoms with Crippen molar-refractivity contribution in [3.05, 3.63) is 95.0 Å². The number of para-hydroxylation sites is 1. The van der Waals surface area contributed by atoms with Gasteiger partial charge in [0.25, 0.3) is 0 Å². The van der Waals surface area contributed by atoms with Crippen LogP contribution < -0.4 is 0 Å². The molecule has 0 amide bonds. The topological polar surface area (TPSA) is 81.4 Å². The lowest BCUT2D eigenvalue weighted by atomic mass is 10.1. The van der Waals surface area contributed by atoms with E-state index < -0.39 is 19.7 Å². The molecule has 0 radical (unpaired) electrons. The largest absolute Gasteiger partial charge is 0.455 e. The number of hydrogen-bond donors (Lipinski definition) is 0. The zero-order valence-electron chi connectivity index (χ0n) is 16.7. The Bertz CT molecular complexity index is 1740. The monoisotopic (exact) mass is 516 g/mol. The molecule has 33 heavy (non-hydrogen) atoms. The van der Waals surface area contributed by atoms with Gasteiger partial charge in [-0.1, -0.05) is 35.3 Å². The van der Waals surface area contributed by atoms with Crippen molar-refractivity contribution >= 4 is 64.8 Å². The average molecular weight is 517 g/mol. The highest BCUT2D eigenvalue weighted by Crippen LogP contribution is 2.37. The zero-order chi connectivity index (χ0) is 23.4. The number of hydrogen-bond acceptors (Lipinski definition) is 5. The maximum absolute atomic E-state index is 13.3. The lowest BCUT2D eigenvalue weighted by Gasteiger charge is -2.05. The standard InChI is InChI=1S/C24H14Cl2O5S2/c25-15-4-8-17(9-5-15)32(27,28)19-12-13-20-21-2-1-3-23(24(21)31-22(20)14-19)33(29,30)18-10-6-16(26)7-11-18/h1-14H. The van der Waals surface area contributed by atoms with E-state index in [2.05, 4.69) is 0 Å². The molecular formula is C24H14Cl2O5S2. The Morgan fingerprint density at radius 3 is 1.73 bits per heavy atom. The van der Waals surface area contributed by atoms with E-state index in [1.54, 1.807) is 18.2 Å². The molecule has 0 bridgehead atoms. The summed E-state index contributed by atoms with van der Waals surface area (Å²) in [6.45, 7) is 0. The third-order valence-corrected chi connectivity index (χ3v) is 9.35. The lowest BCUT2D eigenvalue weighted by molar-refractivity contribution is 0.590. The van der Waals surface area contributed by atoms with Crippen LogP contribution in [0, 0.1) is 0 Å². The quantitative estimate of drug-likeness (QED) is 0.270. The molecule has 0 spiro atoms. The molecule has 4 aromatic carbocycles. The number of rotatable bonds is 4. The third-order valence-electron chi connectivity index (χ3n) is 5.28. The molecule has 1 aromatic heterocycles. The number of sulfone groups is 2. The highest BCUT2D eigenvalue weighted by Gasteiger charge is 2.25. The molecule has 1 heterocycles. The fraction of sp³-hybridized carbons (Fsp3) is 0. The predicted molar refractivity (Wildman–Crippen MR) is 128 cm³/mol. The number of furan rings is 1. The Morgan fingerprint density at radius 2 is 1.12 bits per heavy atom. The van der Waals surface area contributed by atoms with Crippen LogP contribution in [0.1, 0.15) is 0 Å². The molecule has 0 unspecified atom stereocenters. The van der Waals surface area contributed by atoms with Gasteiger partial charge in [0.15, 0.2) is 5.58 Å². The van der Waals surface area contributed by atoms with Crippen LogP contribution in [0.3, 0.4) is 0 Å². The van der Waals surface area contributed by atoms with E-state index in [1.165, 1.54) is 66.7 Å². The molecule has 5 rings (SSSR count). The second-order valence-electron chi connectivity index (χ2n) is 7.31. The van der Waals surface area contributed by atoms with Crippen LogP contribution in [0.4, 0.5) is 0 Å². The molecule has 0 aliphatic rings. The van der Waals surface area contributed by atoms with Crippen molar-refractivity contribution in [1.82, 2.24) is 0 Å². The number of benzene rings is 4. The fourth-order valence-corrected chi connectivity index (χ4v) is 6.55. The second-order valence-corrected chi connectivity index (χ2v) is 12.0. The smallest absolute Gasteiger partial charge is 0.210 e. The third kappa shape index (κ3) is 3.71. The van der Waals surface area contributed by atoms with E-state index in [4.69, 9.17) is 27.6 Å². The number of halogens is 2. The predicted octanol–water partition coefficient (Wildman–Crippen LogP) is 6.56. The van der Waals surface area contributed by atoms with Gasteiger partial charge in [-0.2, -0.15) is 0 Å². The summed E-state index contributed by atoms with van der Waals surface area (Å²) >= 11 is 11.8. The molecule has 0 fully saturated rings. The Kier molecular flexibility index (Phi) is 5.25. The Labute approximate surface area is 200 Å². The van der Waals surface area contributed by atoms with Crippen molar-refractivity contribution in [2.75, 3.05) is 0 Å². The van der Waals surface area contributed by atoms with Crippen molar-refractivity contribution in [3.63, 3.8) is 0 Å². The van der Waals surface area contributed by atoms with Gasteiger partial charge in [-0.05, 0) is 66.7 Å². The van der Waals surface area contributed by atoms with Gasteiger partial charge >= 0.3 is 0 Å². The first-order valence-electron chi connectivity index (χ1n) is 9.64. The highest BCUT2D eigenvalue weighted by atomic mass is 35.5. The lowest BCUT2D eigenvalue weighted by Crippen LogP contribution is -2.02. The minimum absolute atomic E-state index is 0.0133. The SMILES string of the molecule is O=S(=O)(c1ccc(Cl)cc1)c1ccc2c(c1)oc1c(S(=O)(=O)c3ccc(Cl)cc3)cccc12. The van der Waals surface area contributed by atoms with Crippen LogP contribution in [-0.4, -0.2) is 16.8 Å². The normalized spacial score (nSPS) is 12.4. The summed E-state index contributed by atoms with van der Waals surface area (Å²) in [6, 6.07) is 21.0. The molecule has 0 aliphatic heterocycles. The van der Waals surface area contributed by atoms with Crippen molar-refractivity contribution < 1.29 is 21.3 Å². The first-order chi connectivity index (χ1) is 15.7. The highest BCUT2D eigenvalue weighted by molar-refractivity contribution is 7.92. The van der Waals surface area contributed by atoms with Crippen molar-refractivity contribution in [3.8, 4) is 0 Å². The first kappa shape index (κ1) is 22.0. The van der Waals surface area contributed by atoms with E-state index in [0.717, 1.165) is 0 Å². The minimum atomic E-state index is -3.90. The molecule has 0 saturated carbocycles. The molecular weight excluding hydrogens is 503 g/mol. The van der Waals surface area contributed by atoms with Gasteiger partial charge in [-0.3, -0.25) is 0 Å². The Hall–Kier alpha value is -2.84. The second kappa shape index (κ2) is 7.88. The van der Waals surface area contributed by atoms with Crippen LogP contribution in [-0.2, 0) is 19.7 Å². The van der Waals surface area contributed by atoms with Gasteiger partial charge in [0, 0.05) is 26.9 Å². The maximum Gasteiger partial charge on any atom is 0.210 e. The van der Waals surface area contributed by atoms with E-state index >= 15 is 0 Å². The summed E-state index contributed by atoms with van der Waals surface area (Å²) < 4.78 is 58.5. The fourth-order valence-electron chi connectivity index (χ4n) is 3.62. The van der Waals surface area contributed by atoms with Gasteiger partial charge in [-0.15, -0.1) is 0 Å². The van der Waals surface area contributed by atoms with Crippen LogP contribution in [0.15, 0.2) is 109 Å². The van der Waals surface area contributed by atoms with E-state index in [1.807, 2.05) is 0 Å². The summed E-state index contributed by atoms with van der Waals surface area (Å²) in [6.07, 6.45) is 0. The van der Waals surface area contributed by atoms with E-state index in [9.17, 15) is 16.8 Å². The first-order valence-corrected chi connectivity index (χ1v) is 13.4. The molecule has 0 atom stereocenters. The Balaban J connectivity index is 1.69. The molecule has 0 saturated heterocycles. The maximum atomic E-state index is 13.3. The molecule has 0 aliphatic carbocycles. The van der Waals surface area contributed by atoms with Crippen molar-refractivity contribution in [1.29, 1.82) is 0 Å². The molecule has 166 valence electrons. The van der Waals surface area contributed by atoms with Crippen LogP contribution >= 0.6 is 23.2 Å². The van der Waals surface area contributed by atoms with E-state index in [0.29, 0.717) is 20.8 Å². The summed E-state index contributed by atoms with van der Waals surface area (Å²) in [5, 5.41) is 2.02. The summed E-state index contributed by atoms with van der Waals surface area (Å²) in [5.41, 5.74) is 0.419. The molecule has 5 aromatic rings. The van der Waals surface area contributed by atoms with Crippen molar-refractivity contribution in [2.45, 2.75) is 19.6 Å². The van der Waals surface area contributed by atoms with Crippen LogP contribution in [0.25, 0.3) is 21.9 Å². The molecule has 5 nitrogen and oxygen atoms in total. The van der Waals surface area contributed by atoms with E-state index in [-0.39, 0.29) is 30.7 Å². The molecule has 9 heteroatoms. The van der Waals surface area contributed by atoms with Crippen LogP contribution in [0.5, 0.6) is 0 Å². The van der Waals surface area contributed by atoms with Crippen molar-refractivity contribution in [2.24, 2.45) is 0 Å². The number of fused-ring (bicyclic) bond motifs is 3. The molecule has 0 N–H and O–H groups in total. The summed E-state index contributed by atoms with van der Waals surface area (Å²) in [7, 11) is -7.72. The zero-order valence-corrected chi connectivity index (χ0v) is 19.8. The summed E-state index contributed by atoms with van der Waals surface area (Å²) in [4.78, 5) is 0.179. The van der Waals surface area contributed by atoms with Gasteiger partial charge in [0.1, 0.15) is 10.5 Å². The average Bonchev–Trinajstić information content (AvgIpc) is 3.17. The minimum Gasteiger partial charge on any atom is -0.455 e. The van der Waals surface area contributed by atoms with Crippen LogP contribution in [0.2, 0.25) is 10.0 Å². The Morgan fingerprint density at radius 1 is 0.576 bits per heavy atom. The van der Waals surface area contributed by atoms with Gasteiger partial charge in [0.2, 0.25) is 19.7 Å². The van der Waals surface area contributed by atoms with Gasteiger partial charge in [0.05, 0.1) is 14.7 Å². The summed E-state index contributed by atoms with van der Waals surface area (Å²) in [5.74, 6) is 0. The van der Waals surface area contributed by atoms with Gasteiger partial charge < -0.3 is 4.42 Å².